The molecule has 1 atom stereocenters. The molecule has 0 aliphatic carbocycles. The summed E-state index contributed by atoms with van der Waals surface area (Å²) in [5, 5.41) is 2.79. The number of hydrogen-bond acceptors (Lipinski definition) is 4. The van der Waals surface area contributed by atoms with Gasteiger partial charge in [0.1, 0.15) is 5.69 Å². The van der Waals surface area contributed by atoms with Crippen molar-refractivity contribution in [1.29, 1.82) is 0 Å². The standard InChI is InChI=1S/C14H19BrN4O2.2ClH/c15-11-3-4-12(18-8-11)14(21)19-7-1-2-10(9-19)13(20)17-6-5-16;;/h3-4,8,10H,1-2,5-7,9,16H2,(H,17,20);2*1H. The summed E-state index contributed by atoms with van der Waals surface area (Å²) in [6, 6.07) is 3.47. The molecule has 1 aromatic rings. The van der Waals surface area contributed by atoms with E-state index in [2.05, 4.69) is 26.2 Å². The monoisotopic (exact) mass is 426 g/mol. The zero-order valence-corrected chi connectivity index (χ0v) is 15.8. The number of nitrogens with two attached hydrogens (primary N) is 1. The Morgan fingerprint density at radius 2 is 2.13 bits per heavy atom. The lowest BCUT2D eigenvalue weighted by molar-refractivity contribution is -0.126. The number of pyridine rings is 1. The van der Waals surface area contributed by atoms with Crippen molar-refractivity contribution in [1.82, 2.24) is 15.2 Å². The molecule has 130 valence electrons. The molecule has 1 aliphatic heterocycles. The van der Waals surface area contributed by atoms with E-state index in [1.165, 1.54) is 0 Å². The molecule has 23 heavy (non-hydrogen) atoms. The molecular weight excluding hydrogens is 407 g/mol. The van der Waals surface area contributed by atoms with Gasteiger partial charge in [-0.2, -0.15) is 0 Å². The van der Waals surface area contributed by atoms with E-state index < -0.39 is 0 Å². The molecule has 9 heteroatoms. The summed E-state index contributed by atoms with van der Waals surface area (Å²) in [6.45, 7) is 1.99. The largest absolute Gasteiger partial charge is 0.355 e. The topological polar surface area (TPSA) is 88.3 Å². The van der Waals surface area contributed by atoms with Gasteiger partial charge in [-0.15, -0.1) is 24.8 Å². The zero-order valence-electron chi connectivity index (χ0n) is 12.5. The SMILES string of the molecule is Cl.Cl.NCCNC(=O)C1CCCN(C(=O)c2ccc(Br)cn2)C1. The Bertz CT molecular complexity index is 516. The Hall–Kier alpha value is -0.890. The number of aromatic nitrogens is 1. The number of carbonyl (C=O) groups is 2. The molecule has 0 bridgehead atoms. The van der Waals surface area contributed by atoms with Crippen molar-refractivity contribution in [2.75, 3.05) is 26.2 Å². The van der Waals surface area contributed by atoms with Gasteiger partial charge in [-0.1, -0.05) is 0 Å². The highest BCUT2D eigenvalue weighted by Crippen LogP contribution is 2.19. The lowest BCUT2D eigenvalue weighted by atomic mass is 9.97. The molecule has 0 aromatic carbocycles. The third-order valence-electron chi connectivity index (χ3n) is 3.47. The van der Waals surface area contributed by atoms with E-state index in [1.807, 2.05) is 0 Å². The first-order valence-corrected chi connectivity index (χ1v) is 7.79. The van der Waals surface area contributed by atoms with Gasteiger partial charge in [0.15, 0.2) is 0 Å². The predicted molar refractivity (Wildman–Crippen MR) is 97.1 cm³/mol. The van der Waals surface area contributed by atoms with Crippen LogP contribution in [-0.2, 0) is 4.79 Å². The normalized spacial score (nSPS) is 16.8. The third-order valence-corrected chi connectivity index (χ3v) is 3.94. The van der Waals surface area contributed by atoms with Crippen LogP contribution in [0.3, 0.4) is 0 Å². The Morgan fingerprint density at radius 3 is 2.74 bits per heavy atom. The quantitative estimate of drug-likeness (QED) is 0.763. The number of likely N-dealkylation sites (tertiary alicyclic amines) is 1. The Balaban J connectivity index is 0.00000242. The van der Waals surface area contributed by atoms with Crippen LogP contribution in [0.15, 0.2) is 22.8 Å². The fourth-order valence-corrected chi connectivity index (χ4v) is 2.61. The first kappa shape index (κ1) is 22.1. The van der Waals surface area contributed by atoms with Crippen LogP contribution < -0.4 is 11.1 Å². The second kappa shape index (κ2) is 10.8. The molecule has 1 fully saturated rings. The number of hydrogen-bond donors (Lipinski definition) is 2. The van der Waals surface area contributed by atoms with E-state index in [-0.39, 0.29) is 42.5 Å². The maximum absolute atomic E-state index is 12.4. The molecule has 2 heterocycles. The van der Waals surface area contributed by atoms with E-state index >= 15 is 0 Å². The van der Waals surface area contributed by atoms with Gasteiger partial charge >= 0.3 is 0 Å². The van der Waals surface area contributed by atoms with Gasteiger partial charge in [-0.25, -0.2) is 4.98 Å². The lowest BCUT2D eigenvalue weighted by Gasteiger charge is -2.31. The second-order valence-corrected chi connectivity index (χ2v) is 5.95. The number of rotatable bonds is 4. The molecule has 1 aromatic heterocycles. The molecule has 1 unspecified atom stereocenters. The van der Waals surface area contributed by atoms with Crippen LogP contribution in [0.4, 0.5) is 0 Å². The van der Waals surface area contributed by atoms with E-state index in [0.29, 0.717) is 31.9 Å². The zero-order chi connectivity index (χ0) is 15.2. The minimum atomic E-state index is -0.162. The summed E-state index contributed by atoms with van der Waals surface area (Å²) in [5.74, 6) is -0.315. The smallest absolute Gasteiger partial charge is 0.272 e. The molecule has 1 saturated heterocycles. The van der Waals surface area contributed by atoms with Crippen LogP contribution in [0.1, 0.15) is 23.3 Å². The van der Waals surface area contributed by atoms with E-state index in [4.69, 9.17) is 5.73 Å². The highest BCUT2D eigenvalue weighted by molar-refractivity contribution is 9.10. The van der Waals surface area contributed by atoms with Gasteiger partial charge < -0.3 is 16.0 Å². The van der Waals surface area contributed by atoms with Crippen molar-refractivity contribution in [2.24, 2.45) is 11.7 Å². The number of piperidine rings is 1. The molecule has 0 radical (unpaired) electrons. The number of nitrogens with one attached hydrogen (secondary N) is 1. The summed E-state index contributed by atoms with van der Waals surface area (Å²) in [7, 11) is 0. The highest BCUT2D eigenvalue weighted by atomic mass is 79.9. The van der Waals surface area contributed by atoms with Crippen molar-refractivity contribution in [3.63, 3.8) is 0 Å². The Labute approximate surface area is 156 Å². The maximum atomic E-state index is 12.4. The average molecular weight is 428 g/mol. The van der Waals surface area contributed by atoms with Crippen LogP contribution in [0.25, 0.3) is 0 Å². The third kappa shape index (κ3) is 6.25. The molecule has 3 N–H and O–H groups in total. The number of halogens is 3. The predicted octanol–water partition coefficient (Wildman–Crippen LogP) is 1.61. The molecule has 6 nitrogen and oxygen atoms in total. The van der Waals surface area contributed by atoms with Crippen LogP contribution in [0.2, 0.25) is 0 Å². The van der Waals surface area contributed by atoms with Gasteiger partial charge in [0.2, 0.25) is 5.91 Å². The molecule has 2 amide bonds. The van der Waals surface area contributed by atoms with Crippen LogP contribution in [0, 0.1) is 5.92 Å². The Morgan fingerprint density at radius 1 is 1.39 bits per heavy atom. The first-order chi connectivity index (χ1) is 10.1. The molecule has 0 saturated carbocycles. The van der Waals surface area contributed by atoms with Crippen molar-refractivity contribution < 1.29 is 9.59 Å². The van der Waals surface area contributed by atoms with Crippen molar-refractivity contribution in [3.8, 4) is 0 Å². The lowest BCUT2D eigenvalue weighted by Crippen LogP contribution is -2.46. The minimum Gasteiger partial charge on any atom is -0.355 e. The minimum absolute atomic E-state index is 0. The summed E-state index contributed by atoms with van der Waals surface area (Å²) in [5.41, 5.74) is 5.78. The van der Waals surface area contributed by atoms with Crippen LogP contribution in [-0.4, -0.2) is 47.9 Å². The van der Waals surface area contributed by atoms with Gasteiger partial charge in [-0.05, 0) is 40.9 Å². The first-order valence-electron chi connectivity index (χ1n) is 7.00. The van der Waals surface area contributed by atoms with Crippen molar-refractivity contribution in [3.05, 3.63) is 28.5 Å². The van der Waals surface area contributed by atoms with Gasteiger partial charge in [0, 0.05) is 36.8 Å². The fourth-order valence-electron chi connectivity index (χ4n) is 2.38. The molecule has 2 rings (SSSR count). The van der Waals surface area contributed by atoms with Crippen LogP contribution >= 0.6 is 40.7 Å². The summed E-state index contributed by atoms with van der Waals surface area (Å²) in [6.07, 6.45) is 3.22. The summed E-state index contributed by atoms with van der Waals surface area (Å²) < 4.78 is 0.830. The van der Waals surface area contributed by atoms with Gasteiger partial charge in [-0.3, -0.25) is 9.59 Å². The maximum Gasteiger partial charge on any atom is 0.272 e. The van der Waals surface area contributed by atoms with Gasteiger partial charge in [0.05, 0.1) is 5.92 Å². The van der Waals surface area contributed by atoms with Crippen molar-refractivity contribution in [2.45, 2.75) is 12.8 Å². The number of nitrogens with zero attached hydrogens (tertiary/aromatic N) is 2. The van der Waals surface area contributed by atoms with E-state index in [9.17, 15) is 9.59 Å². The fraction of sp³-hybridized carbons (Fsp3) is 0.500. The van der Waals surface area contributed by atoms with Crippen molar-refractivity contribution >= 4 is 52.6 Å². The van der Waals surface area contributed by atoms with E-state index in [0.717, 1.165) is 17.3 Å². The average Bonchev–Trinajstić information content (AvgIpc) is 2.52. The number of carbonyl (C=O) groups excluding carboxylic acids is 2. The molecular formula is C14H21BrCl2N4O2. The highest BCUT2D eigenvalue weighted by Gasteiger charge is 2.29. The second-order valence-electron chi connectivity index (χ2n) is 5.03. The summed E-state index contributed by atoms with van der Waals surface area (Å²) in [4.78, 5) is 30.2. The Kier molecular flexibility index (Phi) is 10.4. The van der Waals surface area contributed by atoms with E-state index in [1.54, 1.807) is 23.2 Å². The summed E-state index contributed by atoms with van der Waals surface area (Å²) >= 11 is 3.29. The number of amides is 2. The van der Waals surface area contributed by atoms with Crippen LogP contribution in [0.5, 0.6) is 0 Å². The molecule has 1 aliphatic rings. The van der Waals surface area contributed by atoms with Gasteiger partial charge in [0.25, 0.3) is 5.91 Å². The molecule has 0 spiro atoms.